The van der Waals surface area contributed by atoms with E-state index < -0.39 is 6.04 Å². The Kier molecular flexibility index (Phi) is 3.42. The van der Waals surface area contributed by atoms with Gasteiger partial charge in [-0.1, -0.05) is 12.2 Å². The molecule has 0 bridgehead atoms. The molecule has 2 aromatic heterocycles. The molecule has 0 aliphatic heterocycles. The van der Waals surface area contributed by atoms with Gasteiger partial charge in [0.25, 0.3) is 5.91 Å². The van der Waals surface area contributed by atoms with Crippen LogP contribution in [0.3, 0.4) is 0 Å². The van der Waals surface area contributed by atoms with E-state index >= 15 is 0 Å². The highest BCUT2D eigenvalue weighted by atomic mass is 32.1. The Hall–Kier alpha value is -2.15. The van der Waals surface area contributed by atoms with Gasteiger partial charge in [-0.05, 0) is 12.1 Å². The number of nitrogens with one attached hydrogen (secondary N) is 1. The van der Waals surface area contributed by atoms with Crippen LogP contribution in [0.25, 0.3) is 0 Å². The second-order valence-electron chi connectivity index (χ2n) is 3.73. The largest absolute Gasteiger partial charge is 0.467 e. The van der Waals surface area contributed by atoms with Gasteiger partial charge in [-0.25, -0.2) is 0 Å². The fraction of sp³-hybridized carbons (Fsp3) is 0.182. The Bertz CT molecular complexity index is 561. The molecule has 2 heterocycles. The number of hydrogen-bond donors (Lipinski definition) is 2. The monoisotopic (exact) mass is 264 g/mol. The molecule has 6 nitrogen and oxygen atoms in total. The molecule has 0 aliphatic carbocycles. The zero-order valence-electron chi connectivity index (χ0n) is 9.66. The van der Waals surface area contributed by atoms with Gasteiger partial charge >= 0.3 is 0 Å². The molecule has 1 amide bonds. The summed E-state index contributed by atoms with van der Waals surface area (Å²) in [5.41, 5.74) is 6.03. The maximum atomic E-state index is 11.9. The van der Waals surface area contributed by atoms with Crippen molar-refractivity contribution in [2.45, 2.75) is 6.04 Å². The van der Waals surface area contributed by atoms with Gasteiger partial charge in [-0.15, -0.1) is 0 Å². The molecule has 2 rings (SSSR count). The number of nitrogens with two attached hydrogens (primary N) is 1. The molecule has 94 valence electrons. The first kappa shape index (κ1) is 12.3. The van der Waals surface area contributed by atoms with Gasteiger partial charge in [0.1, 0.15) is 16.8 Å². The molecule has 0 aromatic carbocycles. The number of aryl methyl sites for hydroxylation is 1. The smallest absolute Gasteiger partial charge is 0.255 e. The van der Waals surface area contributed by atoms with Crippen molar-refractivity contribution in [2.75, 3.05) is 0 Å². The van der Waals surface area contributed by atoms with Crippen molar-refractivity contribution >= 4 is 23.1 Å². The Morgan fingerprint density at radius 2 is 2.44 bits per heavy atom. The standard InChI is InChI=1S/C11H12N4O2S/c1-15-6-7(5-13-15)11(16)14-9(10(12)18)8-3-2-4-17-8/h2-6,9H,1H3,(H2,12,18)(H,14,16). The Morgan fingerprint density at radius 3 is 2.94 bits per heavy atom. The number of carbonyl (C=O) groups is 1. The molecular weight excluding hydrogens is 252 g/mol. The quantitative estimate of drug-likeness (QED) is 0.797. The van der Waals surface area contributed by atoms with Gasteiger partial charge in [0, 0.05) is 13.2 Å². The van der Waals surface area contributed by atoms with Crippen molar-refractivity contribution in [1.82, 2.24) is 15.1 Å². The van der Waals surface area contributed by atoms with Crippen LogP contribution in [0.15, 0.2) is 35.2 Å². The number of carbonyl (C=O) groups excluding carboxylic acids is 1. The lowest BCUT2D eigenvalue weighted by Gasteiger charge is -2.14. The highest BCUT2D eigenvalue weighted by molar-refractivity contribution is 7.80. The number of aromatic nitrogens is 2. The third-order valence-corrected chi connectivity index (χ3v) is 2.59. The van der Waals surface area contributed by atoms with Crippen molar-refractivity contribution in [3.63, 3.8) is 0 Å². The number of thiocarbonyl (C=S) groups is 1. The lowest BCUT2D eigenvalue weighted by Crippen LogP contribution is -2.36. The molecule has 1 unspecified atom stereocenters. The number of rotatable bonds is 4. The molecule has 0 radical (unpaired) electrons. The number of nitrogens with zero attached hydrogens (tertiary/aromatic N) is 2. The molecule has 1 atom stereocenters. The first-order valence-electron chi connectivity index (χ1n) is 5.20. The van der Waals surface area contributed by atoms with Crippen LogP contribution < -0.4 is 11.1 Å². The van der Waals surface area contributed by atoms with Crippen LogP contribution in [-0.4, -0.2) is 20.7 Å². The third-order valence-electron chi connectivity index (χ3n) is 2.35. The highest BCUT2D eigenvalue weighted by Gasteiger charge is 2.21. The SMILES string of the molecule is Cn1cc(C(=O)NC(C(N)=S)c2ccco2)cn1. The molecule has 3 N–H and O–H groups in total. The summed E-state index contributed by atoms with van der Waals surface area (Å²) in [5.74, 6) is 0.192. The molecule has 18 heavy (non-hydrogen) atoms. The number of furan rings is 1. The number of hydrogen-bond acceptors (Lipinski definition) is 4. The summed E-state index contributed by atoms with van der Waals surface area (Å²) in [6, 6.07) is 2.78. The molecule has 7 heteroatoms. The normalized spacial score (nSPS) is 12.1. The molecule has 0 fully saturated rings. The summed E-state index contributed by atoms with van der Waals surface area (Å²) in [6.45, 7) is 0. The number of amides is 1. The minimum atomic E-state index is -0.622. The summed E-state index contributed by atoms with van der Waals surface area (Å²) in [6.07, 6.45) is 4.57. The van der Waals surface area contributed by atoms with Gasteiger partial charge in [0.2, 0.25) is 0 Å². The van der Waals surface area contributed by atoms with Crippen LogP contribution in [0.5, 0.6) is 0 Å². The minimum absolute atomic E-state index is 0.141. The summed E-state index contributed by atoms with van der Waals surface area (Å²) >= 11 is 4.92. The van der Waals surface area contributed by atoms with Crippen molar-refractivity contribution in [1.29, 1.82) is 0 Å². The second-order valence-corrected chi connectivity index (χ2v) is 4.20. The molecule has 0 spiro atoms. The average molecular weight is 264 g/mol. The predicted octanol–water partition coefficient (Wildman–Crippen LogP) is 0.770. The summed E-state index contributed by atoms with van der Waals surface area (Å²) in [5, 5.41) is 6.62. The van der Waals surface area contributed by atoms with E-state index in [0.717, 1.165) is 0 Å². The molecule has 0 aliphatic rings. The van der Waals surface area contributed by atoms with Gasteiger partial charge < -0.3 is 15.5 Å². The third kappa shape index (κ3) is 2.57. The van der Waals surface area contributed by atoms with Gasteiger partial charge in [-0.2, -0.15) is 5.10 Å². The molecule has 0 saturated carbocycles. The lowest BCUT2D eigenvalue weighted by atomic mass is 10.2. The van der Waals surface area contributed by atoms with E-state index in [-0.39, 0.29) is 10.9 Å². The fourth-order valence-electron chi connectivity index (χ4n) is 1.49. The minimum Gasteiger partial charge on any atom is -0.467 e. The van der Waals surface area contributed by atoms with Crippen LogP contribution in [-0.2, 0) is 7.05 Å². The van der Waals surface area contributed by atoms with E-state index in [1.807, 2.05) is 0 Å². The maximum absolute atomic E-state index is 11.9. The van der Waals surface area contributed by atoms with E-state index in [4.69, 9.17) is 22.4 Å². The zero-order chi connectivity index (χ0) is 13.1. The molecular formula is C11H12N4O2S. The van der Waals surface area contributed by atoms with E-state index in [1.165, 1.54) is 17.1 Å². The lowest BCUT2D eigenvalue weighted by molar-refractivity contribution is 0.0943. The van der Waals surface area contributed by atoms with Gasteiger partial charge in [-0.3, -0.25) is 9.48 Å². The van der Waals surface area contributed by atoms with Crippen molar-refractivity contribution in [3.8, 4) is 0 Å². The Balaban J connectivity index is 2.15. The van der Waals surface area contributed by atoms with Crippen molar-refractivity contribution in [2.24, 2.45) is 12.8 Å². The summed E-state index contributed by atoms with van der Waals surface area (Å²) < 4.78 is 6.74. The highest BCUT2D eigenvalue weighted by Crippen LogP contribution is 2.14. The van der Waals surface area contributed by atoms with Crippen LogP contribution in [0.1, 0.15) is 22.2 Å². The van der Waals surface area contributed by atoms with E-state index in [1.54, 1.807) is 25.4 Å². The van der Waals surface area contributed by atoms with Crippen LogP contribution in [0.2, 0.25) is 0 Å². The second kappa shape index (κ2) is 5.01. The average Bonchev–Trinajstić information content (AvgIpc) is 2.95. The summed E-state index contributed by atoms with van der Waals surface area (Å²) in [4.78, 5) is 12.1. The van der Waals surface area contributed by atoms with Crippen molar-refractivity contribution in [3.05, 3.63) is 42.1 Å². The first-order chi connectivity index (χ1) is 8.58. The Labute approximate surface area is 109 Å². The Morgan fingerprint density at radius 1 is 1.67 bits per heavy atom. The predicted molar refractivity (Wildman–Crippen MR) is 68.9 cm³/mol. The first-order valence-corrected chi connectivity index (χ1v) is 5.61. The molecule has 0 saturated heterocycles. The van der Waals surface area contributed by atoms with Crippen LogP contribution >= 0.6 is 12.2 Å². The van der Waals surface area contributed by atoms with Gasteiger partial charge in [0.15, 0.2) is 0 Å². The topological polar surface area (TPSA) is 86.1 Å². The zero-order valence-corrected chi connectivity index (χ0v) is 10.5. The fourth-order valence-corrected chi connectivity index (χ4v) is 1.67. The van der Waals surface area contributed by atoms with Crippen LogP contribution in [0, 0.1) is 0 Å². The van der Waals surface area contributed by atoms with E-state index in [2.05, 4.69) is 10.4 Å². The van der Waals surface area contributed by atoms with E-state index in [0.29, 0.717) is 11.3 Å². The summed E-state index contributed by atoms with van der Waals surface area (Å²) in [7, 11) is 1.73. The van der Waals surface area contributed by atoms with E-state index in [9.17, 15) is 4.79 Å². The van der Waals surface area contributed by atoms with Crippen LogP contribution in [0.4, 0.5) is 0 Å². The molecule has 2 aromatic rings. The van der Waals surface area contributed by atoms with Crippen molar-refractivity contribution < 1.29 is 9.21 Å². The van der Waals surface area contributed by atoms with Gasteiger partial charge in [0.05, 0.1) is 18.0 Å². The maximum Gasteiger partial charge on any atom is 0.255 e.